The minimum atomic E-state index is -1.85. The van der Waals surface area contributed by atoms with Crippen molar-refractivity contribution >= 4 is 23.7 Å². The Morgan fingerprint density at radius 1 is 1.21 bits per heavy atom. The Morgan fingerprint density at radius 2 is 1.93 bits per heavy atom. The molecule has 0 aliphatic carbocycles. The largest absolute Gasteiger partial charge is 0.480 e. The molecule has 1 unspecified atom stereocenters. The maximum atomic E-state index is 12.7. The summed E-state index contributed by atoms with van der Waals surface area (Å²) in [6.45, 7) is 5.76. The molecule has 0 saturated carbocycles. The Balaban J connectivity index is 1.95. The SMILES string of the molecule is CC(C)(C)OC(=O)NCCCNC(=O)C1(C(=O)O)C=CNC(c2ccccn2)=C1. The van der Waals surface area contributed by atoms with Crippen LogP contribution in [-0.2, 0) is 14.3 Å². The van der Waals surface area contributed by atoms with Crippen LogP contribution in [0.25, 0.3) is 5.70 Å². The summed E-state index contributed by atoms with van der Waals surface area (Å²) in [5.41, 5.74) is -1.49. The molecule has 29 heavy (non-hydrogen) atoms. The van der Waals surface area contributed by atoms with Gasteiger partial charge in [-0.2, -0.15) is 0 Å². The normalized spacial score (nSPS) is 18.2. The van der Waals surface area contributed by atoms with Gasteiger partial charge in [-0.3, -0.25) is 14.6 Å². The van der Waals surface area contributed by atoms with Crippen molar-refractivity contribution in [3.63, 3.8) is 0 Å². The van der Waals surface area contributed by atoms with Crippen molar-refractivity contribution in [1.29, 1.82) is 0 Å². The van der Waals surface area contributed by atoms with Crippen LogP contribution in [0.15, 0.2) is 42.7 Å². The molecular weight excluding hydrogens is 376 g/mol. The zero-order valence-corrected chi connectivity index (χ0v) is 16.7. The minimum Gasteiger partial charge on any atom is -0.480 e. The van der Waals surface area contributed by atoms with Crippen molar-refractivity contribution in [2.75, 3.05) is 13.1 Å². The number of hydrogen-bond acceptors (Lipinski definition) is 6. The highest BCUT2D eigenvalue weighted by atomic mass is 16.6. The molecule has 0 bridgehead atoms. The molecule has 0 fully saturated rings. The summed E-state index contributed by atoms with van der Waals surface area (Å²) in [6.07, 6.45) is 5.50. The first-order valence-electron chi connectivity index (χ1n) is 9.21. The Labute approximate surface area is 169 Å². The van der Waals surface area contributed by atoms with E-state index in [1.165, 1.54) is 18.4 Å². The molecular formula is C20H26N4O5. The minimum absolute atomic E-state index is 0.192. The highest BCUT2D eigenvalue weighted by molar-refractivity contribution is 6.07. The predicted octanol–water partition coefficient (Wildman–Crippen LogP) is 1.64. The van der Waals surface area contributed by atoms with E-state index in [2.05, 4.69) is 20.9 Å². The molecule has 4 N–H and O–H groups in total. The summed E-state index contributed by atoms with van der Waals surface area (Å²) in [4.78, 5) is 40.4. The van der Waals surface area contributed by atoms with Crippen molar-refractivity contribution in [2.45, 2.75) is 32.8 Å². The molecule has 9 nitrogen and oxygen atoms in total. The first kappa shape index (κ1) is 21.9. The second kappa shape index (κ2) is 9.22. The number of hydrogen-bond donors (Lipinski definition) is 4. The number of alkyl carbamates (subject to hydrolysis) is 1. The predicted molar refractivity (Wildman–Crippen MR) is 106 cm³/mol. The molecule has 1 atom stereocenters. The molecule has 1 aliphatic heterocycles. The molecule has 2 heterocycles. The number of aromatic nitrogens is 1. The molecule has 1 aromatic rings. The fourth-order valence-corrected chi connectivity index (χ4v) is 2.56. The zero-order chi connectivity index (χ0) is 21.5. The molecule has 0 aromatic carbocycles. The summed E-state index contributed by atoms with van der Waals surface area (Å²) in [5.74, 6) is -1.97. The zero-order valence-electron chi connectivity index (χ0n) is 16.7. The fourth-order valence-electron chi connectivity index (χ4n) is 2.56. The van der Waals surface area contributed by atoms with Crippen LogP contribution in [0.1, 0.15) is 32.9 Å². The van der Waals surface area contributed by atoms with Crippen LogP contribution in [0.2, 0.25) is 0 Å². The maximum absolute atomic E-state index is 12.7. The van der Waals surface area contributed by atoms with Gasteiger partial charge in [0.25, 0.3) is 0 Å². The molecule has 0 saturated heterocycles. The number of dihydropyridines is 1. The van der Waals surface area contributed by atoms with Crippen molar-refractivity contribution in [1.82, 2.24) is 20.9 Å². The monoisotopic (exact) mass is 402 g/mol. The van der Waals surface area contributed by atoms with Crippen LogP contribution < -0.4 is 16.0 Å². The third kappa shape index (κ3) is 6.06. The van der Waals surface area contributed by atoms with Gasteiger partial charge in [0.2, 0.25) is 5.91 Å². The number of rotatable bonds is 7. The average Bonchev–Trinajstić information content (AvgIpc) is 2.66. The topological polar surface area (TPSA) is 130 Å². The van der Waals surface area contributed by atoms with Crippen LogP contribution in [0.3, 0.4) is 0 Å². The number of carboxylic acids is 1. The number of aliphatic carboxylic acids is 1. The average molecular weight is 402 g/mol. The first-order chi connectivity index (χ1) is 13.6. The van der Waals surface area contributed by atoms with Crippen molar-refractivity contribution in [3.8, 4) is 0 Å². The third-order valence-electron chi connectivity index (χ3n) is 3.93. The fraction of sp³-hybridized carbons (Fsp3) is 0.400. The Morgan fingerprint density at radius 3 is 2.55 bits per heavy atom. The van der Waals surface area contributed by atoms with Crippen LogP contribution in [0.5, 0.6) is 0 Å². The van der Waals surface area contributed by atoms with Gasteiger partial charge in [0.05, 0.1) is 11.4 Å². The van der Waals surface area contributed by atoms with Crippen LogP contribution in [-0.4, -0.2) is 46.8 Å². The molecule has 2 rings (SSSR count). The Hall–Kier alpha value is -3.36. The standard InChI is InChI=1S/C20H26N4O5/c1-19(2,3)29-18(28)24-11-6-10-23-16(25)20(17(26)27)8-12-22-15(13-20)14-7-4-5-9-21-14/h4-5,7-9,12-13,22H,6,10-11H2,1-3H3,(H,23,25)(H,24,28)(H,26,27). The number of carbonyl (C=O) groups is 3. The summed E-state index contributed by atoms with van der Waals surface area (Å²) in [7, 11) is 0. The lowest BCUT2D eigenvalue weighted by atomic mass is 9.83. The van der Waals surface area contributed by atoms with Gasteiger partial charge in [0.15, 0.2) is 5.41 Å². The summed E-state index contributed by atoms with van der Waals surface area (Å²) in [6, 6.07) is 5.22. The summed E-state index contributed by atoms with van der Waals surface area (Å²) >= 11 is 0. The van der Waals surface area contributed by atoms with Gasteiger partial charge in [-0.15, -0.1) is 0 Å². The van der Waals surface area contributed by atoms with Crippen LogP contribution in [0, 0.1) is 5.41 Å². The van der Waals surface area contributed by atoms with E-state index in [-0.39, 0.29) is 13.1 Å². The van der Waals surface area contributed by atoms with E-state index in [4.69, 9.17) is 4.74 Å². The van der Waals surface area contributed by atoms with E-state index in [1.807, 2.05) is 0 Å². The Bertz CT molecular complexity index is 814. The van der Waals surface area contributed by atoms with Crippen LogP contribution >= 0.6 is 0 Å². The molecule has 1 aliphatic rings. The van der Waals surface area contributed by atoms with Crippen molar-refractivity contribution in [2.24, 2.45) is 5.41 Å². The molecule has 156 valence electrons. The lowest BCUT2D eigenvalue weighted by molar-refractivity contribution is -0.149. The van der Waals surface area contributed by atoms with E-state index in [1.54, 1.807) is 45.2 Å². The Kier molecular flexibility index (Phi) is 6.98. The van der Waals surface area contributed by atoms with Gasteiger partial charge in [0.1, 0.15) is 5.60 Å². The summed E-state index contributed by atoms with van der Waals surface area (Å²) < 4.78 is 5.12. The first-order valence-corrected chi connectivity index (χ1v) is 9.21. The number of ether oxygens (including phenoxy) is 1. The van der Waals surface area contributed by atoms with E-state index < -0.39 is 29.0 Å². The number of carbonyl (C=O) groups excluding carboxylic acids is 2. The van der Waals surface area contributed by atoms with Gasteiger partial charge < -0.3 is 25.8 Å². The number of amides is 2. The smallest absolute Gasteiger partial charge is 0.407 e. The molecule has 0 spiro atoms. The van der Waals surface area contributed by atoms with Crippen LogP contribution in [0.4, 0.5) is 4.79 Å². The second-order valence-electron chi connectivity index (χ2n) is 7.46. The van der Waals surface area contributed by atoms with E-state index in [0.717, 1.165) is 0 Å². The van der Waals surface area contributed by atoms with E-state index >= 15 is 0 Å². The molecule has 9 heteroatoms. The number of nitrogens with zero attached hydrogens (tertiary/aromatic N) is 1. The molecule has 0 radical (unpaired) electrons. The van der Waals surface area contributed by atoms with Gasteiger partial charge in [-0.1, -0.05) is 6.07 Å². The second-order valence-corrected chi connectivity index (χ2v) is 7.46. The van der Waals surface area contributed by atoms with Crippen molar-refractivity contribution < 1.29 is 24.2 Å². The lowest BCUT2D eigenvalue weighted by Crippen LogP contribution is -2.46. The quantitative estimate of drug-likeness (QED) is 0.403. The number of pyridine rings is 1. The highest BCUT2D eigenvalue weighted by Crippen LogP contribution is 2.29. The molecule has 1 aromatic heterocycles. The van der Waals surface area contributed by atoms with E-state index in [9.17, 15) is 19.5 Å². The lowest BCUT2D eigenvalue weighted by Gasteiger charge is -2.26. The highest BCUT2D eigenvalue weighted by Gasteiger charge is 2.43. The van der Waals surface area contributed by atoms with Gasteiger partial charge in [-0.25, -0.2) is 4.79 Å². The van der Waals surface area contributed by atoms with Gasteiger partial charge in [0, 0.05) is 19.3 Å². The summed E-state index contributed by atoms with van der Waals surface area (Å²) in [5, 5.41) is 17.8. The molecule has 2 amide bonds. The van der Waals surface area contributed by atoms with Crippen molar-refractivity contribution in [3.05, 3.63) is 48.4 Å². The number of carboxylic acid groups (broad SMARTS) is 1. The van der Waals surface area contributed by atoms with Gasteiger partial charge >= 0.3 is 12.1 Å². The number of nitrogens with one attached hydrogen (secondary N) is 3. The maximum Gasteiger partial charge on any atom is 0.407 e. The van der Waals surface area contributed by atoms with Gasteiger partial charge in [-0.05, 0) is 57.7 Å². The van der Waals surface area contributed by atoms with E-state index in [0.29, 0.717) is 17.8 Å². The third-order valence-corrected chi connectivity index (χ3v) is 3.93.